The van der Waals surface area contributed by atoms with Crippen molar-refractivity contribution < 1.29 is 19.5 Å². The fraction of sp³-hybridized carbons (Fsp3) is 0.217. The van der Waals surface area contributed by atoms with Crippen LogP contribution in [-0.4, -0.2) is 33.0 Å². The Hall–Kier alpha value is -4.14. The van der Waals surface area contributed by atoms with Crippen molar-refractivity contribution in [2.45, 2.75) is 32.6 Å². The van der Waals surface area contributed by atoms with Gasteiger partial charge in [-0.2, -0.15) is 0 Å². The van der Waals surface area contributed by atoms with Crippen molar-refractivity contribution >= 4 is 29.4 Å². The van der Waals surface area contributed by atoms with E-state index in [2.05, 4.69) is 27.5 Å². The number of hydrogen-bond donors (Lipinski definition) is 5. The summed E-state index contributed by atoms with van der Waals surface area (Å²) in [6, 6.07) is 13.3. The largest absolute Gasteiger partial charge is 0.478 e. The molecule has 9 heteroatoms. The first-order chi connectivity index (χ1) is 15.4. The molecule has 2 aromatic carbocycles. The number of aromatic nitrogens is 2. The van der Waals surface area contributed by atoms with Gasteiger partial charge in [0, 0.05) is 12.1 Å². The number of imidazole rings is 1. The number of aryl methyl sites for hydroxylation is 1. The van der Waals surface area contributed by atoms with Crippen molar-refractivity contribution in [1.82, 2.24) is 9.97 Å². The average molecular weight is 435 g/mol. The lowest BCUT2D eigenvalue weighted by Gasteiger charge is -2.08. The number of nitrogens with zero attached hydrogens (tertiary/aromatic N) is 1. The quantitative estimate of drug-likeness (QED) is 0.346. The predicted molar refractivity (Wildman–Crippen MR) is 121 cm³/mol. The minimum absolute atomic E-state index is 0.0896. The third-order valence-electron chi connectivity index (χ3n) is 4.83. The van der Waals surface area contributed by atoms with Crippen molar-refractivity contribution in [1.29, 1.82) is 0 Å². The molecule has 1 heterocycles. The van der Waals surface area contributed by atoms with Crippen molar-refractivity contribution in [3.8, 4) is 0 Å². The lowest BCUT2D eigenvalue weighted by molar-refractivity contribution is 0.0696. The van der Waals surface area contributed by atoms with Gasteiger partial charge in [-0.3, -0.25) is 10.1 Å². The zero-order chi connectivity index (χ0) is 23.1. The highest BCUT2D eigenvalue weighted by atomic mass is 16.4. The van der Waals surface area contributed by atoms with E-state index in [1.54, 1.807) is 12.1 Å². The van der Waals surface area contributed by atoms with Gasteiger partial charge in [0.05, 0.1) is 5.56 Å². The summed E-state index contributed by atoms with van der Waals surface area (Å²) in [5.41, 5.74) is 8.07. The summed E-state index contributed by atoms with van der Waals surface area (Å²) in [5, 5.41) is 14.3. The molecule has 0 atom stereocenters. The van der Waals surface area contributed by atoms with Gasteiger partial charge in [0.2, 0.25) is 0 Å². The van der Waals surface area contributed by atoms with Crippen LogP contribution in [0.25, 0.3) is 0 Å². The summed E-state index contributed by atoms with van der Waals surface area (Å²) >= 11 is 0. The van der Waals surface area contributed by atoms with E-state index in [0.29, 0.717) is 17.9 Å². The first-order valence-electron chi connectivity index (χ1n) is 10.2. The summed E-state index contributed by atoms with van der Waals surface area (Å²) in [6.07, 6.45) is 3.50. The molecule has 0 unspecified atom stereocenters. The molecular weight excluding hydrogens is 410 g/mol. The van der Waals surface area contributed by atoms with Crippen molar-refractivity contribution in [3.05, 3.63) is 76.7 Å². The third-order valence-corrected chi connectivity index (χ3v) is 4.83. The van der Waals surface area contributed by atoms with Crippen molar-refractivity contribution in [3.63, 3.8) is 0 Å². The molecule has 32 heavy (non-hydrogen) atoms. The van der Waals surface area contributed by atoms with Crippen molar-refractivity contribution in [2.75, 3.05) is 10.6 Å². The Kier molecular flexibility index (Phi) is 7.22. The molecule has 0 aliphatic carbocycles. The van der Waals surface area contributed by atoms with Gasteiger partial charge < -0.3 is 21.1 Å². The molecule has 0 saturated carbocycles. The Balaban J connectivity index is 1.67. The Morgan fingerprint density at radius 1 is 1.00 bits per heavy atom. The van der Waals surface area contributed by atoms with E-state index in [0.717, 1.165) is 24.8 Å². The fourth-order valence-corrected chi connectivity index (χ4v) is 3.14. The van der Waals surface area contributed by atoms with Gasteiger partial charge in [0.15, 0.2) is 5.69 Å². The zero-order valence-electron chi connectivity index (χ0n) is 17.6. The fourth-order valence-electron chi connectivity index (χ4n) is 3.14. The molecule has 0 spiro atoms. The minimum atomic E-state index is -1.02. The number of carbonyl (C=O) groups excluding carboxylic acids is 2. The second-order valence-corrected chi connectivity index (χ2v) is 7.33. The molecular formula is C23H25N5O4. The molecule has 0 bridgehead atoms. The Labute approximate surface area is 185 Å². The summed E-state index contributed by atoms with van der Waals surface area (Å²) in [6.45, 7) is 2.14. The standard InChI is InChI=1S/C23H25N5O4/c1-2-3-4-14-7-11-17(12-8-14)25-23(32)28-21-19(20(24)29)26-18(27-21)13-15-5-9-16(10-6-15)22(30)31/h5-12H,2-4,13H2,1H3,(H2,24,29)(H,26,27)(H,30,31)(H2,25,28,32). The maximum atomic E-state index is 12.4. The molecule has 3 amide bonds. The number of unbranched alkanes of at least 4 members (excludes halogenated alkanes) is 1. The molecule has 0 radical (unpaired) electrons. The number of H-pyrrole nitrogens is 1. The van der Waals surface area contributed by atoms with Gasteiger partial charge in [-0.1, -0.05) is 37.6 Å². The molecule has 6 N–H and O–H groups in total. The number of urea groups is 1. The topological polar surface area (TPSA) is 150 Å². The van der Waals surface area contributed by atoms with Gasteiger partial charge >= 0.3 is 12.0 Å². The van der Waals surface area contributed by atoms with Crippen LogP contribution < -0.4 is 16.4 Å². The SMILES string of the molecule is CCCCc1ccc(NC(=O)Nc2[nH]c(Cc3ccc(C(=O)O)cc3)nc2C(N)=O)cc1. The third kappa shape index (κ3) is 5.94. The number of nitrogens with one attached hydrogen (secondary N) is 3. The molecule has 0 aliphatic rings. The molecule has 0 saturated heterocycles. The summed E-state index contributed by atoms with van der Waals surface area (Å²) < 4.78 is 0. The summed E-state index contributed by atoms with van der Waals surface area (Å²) in [4.78, 5) is 42.2. The van der Waals surface area contributed by atoms with Crippen LogP contribution in [0.2, 0.25) is 0 Å². The first-order valence-corrected chi connectivity index (χ1v) is 10.2. The summed E-state index contributed by atoms with van der Waals surface area (Å²) in [7, 11) is 0. The Morgan fingerprint density at radius 2 is 1.66 bits per heavy atom. The second kappa shape index (κ2) is 10.3. The van der Waals surface area contributed by atoms with E-state index >= 15 is 0 Å². The molecule has 3 aromatic rings. The summed E-state index contributed by atoms with van der Waals surface area (Å²) in [5.74, 6) is -1.31. The van der Waals surface area contributed by atoms with E-state index in [1.807, 2.05) is 24.3 Å². The van der Waals surface area contributed by atoms with E-state index in [-0.39, 0.29) is 17.1 Å². The number of anilines is 2. The molecule has 0 aliphatic heterocycles. The van der Waals surface area contributed by atoms with Gasteiger partial charge in [0.1, 0.15) is 11.6 Å². The highest BCUT2D eigenvalue weighted by Gasteiger charge is 2.18. The van der Waals surface area contributed by atoms with Crippen LogP contribution in [0, 0.1) is 0 Å². The molecule has 9 nitrogen and oxygen atoms in total. The molecule has 1 aromatic heterocycles. The number of amides is 3. The Bertz CT molecular complexity index is 1100. The van der Waals surface area contributed by atoms with Crippen LogP contribution in [0.3, 0.4) is 0 Å². The van der Waals surface area contributed by atoms with Gasteiger partial charge in [-0.05, 0) is 48.2 Å². The van der Waals surface area contributed by atoms with E-state index in [4.69, 9.17) is 10.8 Å². The van der Waals surface area contributed by atoms with Crippen LogP contribution in [0.1, 0.15) is 57.6 Å². The number of hydrogen-bond acceptors (Lipinski definition) is 4. The van der Waals surface area contributed by atoms with E-state index < -0.39 is 17.9 Å². The average Bonchev–Trinajstić information content (AvgIpc) is 3.15. The van der Waals surface area contributed by atoms with Crippen molar-refractivity contribution in [2.24, 2.45) is 5.73 Å². The number of aromatic carboxylic acids is 1. The molecule has 0 fully saturated rings. The number of carboxylic acid groups (broad SMARTS) is 1. The molecule has 3 rings (SSSR count). The van der Waals surface area contributed by atoms with E-state index in [1.165, 1.54) is 17.7 Å². The predicted octanol–water partition coefficient (Wildman–Crippen LogP) is 3.78. The number of aromatic amines is 1. The normalized spacial score (nSPS) is 10.5. The number of nitrogens with two attached hydrogens (primary N) is 1. The maximum Gasteiger partial charge on any atom is 0.335 e. The smallest absolute Gasteiger partial charge is 0.335 e. The monoisotopic (exact) mass is 435 g/mol. The molecule has 166 valence electrons. The number of benzene rings is 2. The lowest BCUT2D eigenvalue weighted by atomic mass is 10.1. The number of carbonyl (C=O) groups is 3. The van der Waals surface area contributed by atoms with Gasteiger partial charge in [0.25, 0.3) is 5.91 Å². The van der Waals surface area contributed by atoms with Crippen LogP contribution >= 0.6 is 0 Å². The van der Waals surface area contributed by atoms with Crippen LogP contribution in [0.5, 0.6) is 0 Å². The highest BCUT2D eigenvalue weighted by Crippen LogP contribution is 2.17. The number of rotatable bonds is 9. The first kappa shape index (κ1) is 22.5. The zero-order valence-corrected chi connectivity index (χ0v) is 17.6. The van der Waals surface area contributed by atoms with Gasteiger partial charge in [-0.25, -0.2) is 14.6 Å². The van der Waals surface area contributed by atoms with Crippen LogP contribution in [0.4, 0.5) is 16.3 Å². The van der Waals surface area contributed by atoms with E-state index in [9.17, 15) is 14.4 Å². The number of primary amides is 1. The van der Waals surface area contributed by atoms with Gasteiger partial charge in [-0.15, -0.1) is 0 Å². The van der Waals surface area contributed by atoms with Crippen LogP contribution in [0.15, 0.2) is 48.5 Å². The Morgan fingerprint density at radius 3 is 2.25 bits per heavy atom. The highest BCUT2D eigenvalue weighted by molar-refractivity contribution is 6.04. The number of carboxylic acids is 1. The maximum absolute atomic E-state index is 12.4. The second-order valence-electron chi connectivity index (χ2n) is 7.33. The van der Waals surface area contributed by atoms with Crippen LogP contribution in [-0.2, 0) is 12.8 Å². The lowest BCUT2D eigenvalue weighted by Crippen LogP contribution is -2.22. The minimum Gasteiger partial charge on any atom is -0.478 e.